The van der Waals surface area contributed by atoms with E-state index in [-0.39, 0.29) is 21.7 Å². The number of carbonyl (C=O) groups excluding carboxylic acids is 1. The number of hydrogen-bond acceptors (Lipinski definition) is 5. The lowest BCUT2D eigenvalue weighted by atomic mass is 9.89. The Balaban J connectivity index is 1.76. The fourth-order valence-electron chi connectivity index (χ4n) is 3.92. The third-order valence-corrected chi connectivity index (χ3v) is 6.04. The van der Waals surface area contributed by atoms with Crippen LogP contribution in [0.3, 0.4) is 0 Å². The molecule has 3 heterocycles. The Hall–Kier alpha value is -3.72. The SMILES string of the molecule is CCCCOC(=O)c1cc(-c2ccc(C(c3c(C)[nH][nH]c3=O)c3c(C)[nH][nH]c3=O)o2)ccc1Cl. The van der Waals surface area contributed by atoms with Crippen molar-refractivity contribution in [3.05, 3.63) is 89.9 Å². The minimum absolute atomic E-state index is 0.237. The van der Waals surface area contributed by atoms with Crippen LogP contribution < -0.4 is 11.1 Å². The number of ether oxygens (including phenoxy) is 1. The molecule has 0 fully saturated rings. The Morgan fingerprint density at radius 1 is 1.00 bits per heavy atom. The first-order valence-electron chi connectivity index (χ1n) is 10.9. The van der Waals surface area contributed by atoms with Gasteiger partial charge in [-0.1, -0.05) is 24.9 Å². The highest BCUT2D eigenvalue weighted by atomic mass is 35.5. The van der Waals surface area contributed by atoms with Crippen LogP contribution in [0.25, 0.3) is 11.3 Å². The van der Waals surface area contributed by atoms with E-state index in [4.69, 9.17) is 20.8 Å². The number of H-pyrrole nitrogens is 4. The molecule has 1 aromatic carbocycles. The first kappa shape index (κ1) is 23.4. The van der Waals surface area contributed by atoms with Crippen LogP contribution in [0.5, 0.6) is 0 Å². The molecule has 0 aliphatic carbocycles. The summed E-state index contributed by atoms with van der Waals surface area (Å²) in [6.45, 7) is 5.82. The molecule has 34 heavy (non-hydrogen) atoms. The molecule has 4 N–H and O–H groups in total. The summed E-state index contributed by atoms with van der Waals surface area (Å²) in [5.41, 5.74) is 2.11. The van der Waals surface area contributed by atoms with Gasteiger partial charge in [-0.25, -0.2) is 4.79 Å². The third-order valence-electron chi connectivity index (χ3n) is 5.71. The third kappa shape index (κ3) is 4.38. The molecule has 3 aromatic heterocycles. The van der Waals surface area contributed by atoms with Gasteiger partial charge in [0.25, 0.3) is 11.1 Å². The molecule has 0 spiro atoms. The molecule has 0 unspecified atom stereocenters. The van der Waals surface area contributed by atoms with Crippen LogP contribution in [0.1, 0.15) is 64.3 Å². The van der Waals surface area contributed by atoms with Crippen molar-refractivity contribution in [2.24, 2.45) is 0 Å². The van der Waals surface area contributed by atoms with Crippen molar-refractivity contribution >= 4 is 17.6 Å². The van der Waals surface area contributed by atoms with Crippen LogP contribution in [-0.4, -0.2) is 33.0 Å². The summed E-state index contributed by atoms with van der Waals surface area (Å²) < 4.78 is 11.4. The average Bonchev–Trinajstić information content (AvgIpc) is 3.51. The van der Waals surface area contributed by atoms with Crippen molar-refractivity contribution < 1.29 is 13.9 Å². The maximum Gasteiger partial charge on any atom is 0.339 e. The summed E-state index contributed by atoms with van der Waals surface area (Å²) in [5, 5.41) is 11.0. The number of carbonyl (C=O) groups is 1. The summed E-state index contributed by atoms with van der Waals surface area (Å²) in [4.78, 5) is 37.7. The number of unbranched alkanes of at least 4 members (excludes halogenated alkanes) is 1. The van der Waals surface area contributed by atoms with Gasteiger partial charge in [0.2, 0.25) is 0 Å². The second-order valence-corrected chi connectivity index (χ2v) is 8.46. The van der Waals surface area contributed by atoms with E-state index in [1.807, 2.05) is 6.92 Å². The highest BCUT2D eigenvalue weighted by Gasteiger charge is 2.30. The topological polar surface area (TPSA) is 137 Å². The van der Waals surface area contributed by atoms with Crippen molar-refractivity contribution in [3.8, 4) is 11.3 Å². The number of hydrogen-bond donors (Lipinski definition) is 4. The first-order valence-corrected chi connectivity index (χ1v) is 11.3. The molecule has 10 heteroatoms. The quantitative estimate of drug-likeness (QED) is 0.217. The lowest BCUT2D eigenvalue weighted by molar-refractivity contribution is 0.0500. The number of halogens is 1. The van der Waals surface area contributed by atoms with Crippen LogP contribution >= 0.6 is 11.6 Å². The van der Waals surface area contributed by atoms with Gasteiger partial charge >= 0.3 is 5.97 Å². The van der Waals surface area contributed by atoms with Crippen LogP contribution in [0.2, 0.25) is 5.02 Å². The molecule has 178 valence electrons. The van der Waals surface area contributed by atoms with E-state index in [0.29, 0.717) is 46.2 Å². The molecular weight excluding hydrogens is 460 g/mol. The zero-order valence-electron chi connectivity index (χ0n) is 19.0. The van der Waals surface area contributed by atoms with E-state index in [0.717, 1.165) is 12.8 Å². The number of nitrogens with one attached hydrogen (secondary N) is 4. The second-order valence-electron chi connectivity index (χ2n) is 8.05. The van der Waals surface area contributed by atoms with E-state index in [9.17, 15) is 14.4 Å². The van der Waals surface area contributed by atoms with Gasteiger partial charge in [-0.2, -0.15) is 0 Å². The summed E-state index contributed by atoms with van der Waals surface area (Å²) in [6.07, 6.45) is 1.67. The van der Waals surface area contributed by atoms with Gasteiger partial charge in [0.05, 0.1) is 34.2 Å². The normalized spacial score (nSPS) is 11.3. The highest BCUT2D eigenvalue weighted by Crippen LogP contribution is 2.35. The number of benzene rings is 1. The van der Waals surface area contributed by atoms with Gasteiger partial charge in [-0.15, -0.1) is 0 Å². The number of furan rings is 1. The molecule has 0 aliphatic heterocycles. The molecule has 4 aromatic rings. The molecule has 0 atom stereocenters. The Morgan fingerprint density at radius 2 is 1.65 bits per heavy atom. The highest BCUT2D eigenvalue weighted by molar-refractivity contribution is 6.33. The van der Waals surface area contributed by atoms with Crippen LogP contribution in [-0.2, 0) is 4.74 Å². The predicted molar refractivity (Wildman–Crippen MR) is 128 cm³/mol. The van der Waals surface area contributed by atoms with E-state index >= 15 is 0 Å². The number of esters is 1. The van der Waals surface area contributed by atoms with E-state index in [1.54, 1.807) is 44.2 Å². The Kier molecular flexibility index (Phi) is 6.65. The fraction of sp³-hybridized carbons (Fsp3) is 0.292. The minimum atomic E-state index is -0.746. The molecule has 0 radical (unpaired) electrons. The maximum atomic E-state index is 12.6. The summed E-state index contributed by atoms with van der Waals surface area (Å²) in [5.74, 6) is -0.398. The molecule has 0 bridgehead atoms. The Labute approximate surface area is 199 Å². The molecule has 4 rings (SSSR count). The standard InChI is InChI=1S/C24H25ClN4O5/c1-4-5-10-33-24(32)15-11-14(6-7-16(15)25)17-8-9-18(34-17)21(19-12(2)26-28-22(19)30)20-13(3)27-29-23(20)31/h6-9,11,21H,4-5,10H2,1-3H3,(H2,26,28,30)(H2,27,29,31). The summed E-state index contributed by atoms with van der Waals surface area (Å²) in [6, 6.07) is 8.38. The smallest absolute Gasteiger partial charge is 0.339 e. The number of aromatic amines is 4. The molecule has 0 saturated carbocycles. The van der Waals surface area contributed by atoms with E-state index in [2.05, 4.69) is 20.4 Å². The van der Waals surface area contributed by atoms with Crippen molar-refractivity contribution in [1.82, 2.24) is 20.4 Å². The summed E-state index contributed by atoms with van der Waals surface area (Å²) in [7, 11) is 0. The van der Waals surface area contributed by atoms with Crippen molar-refractivity contribution in [2.45, 2.75) is 39.5 Å². The fourth-order valence-corrected chi connectivity index (χ4v) is 4.11. The minimum Gasteiger partial charge on any atom is -0.462 e. The van der Waals surface area contributed by atoms with Crippen molar-refractivity contribution in [2.75, 3.05) is 6.61 Å². The lowest BCUT2D eigenvalue weighted by Crippen LogP contribution is -2.19. The van der Waals surface area contributed by atoms with Gasteiger partial charge in [-0.05, 0) is 50.6 Å². The summed E-state index contributed by atoms with van der Waals surface area (Å²) >= 11 is 6.24. The molecule has 0 saturated heterocycles. The predicted octanol–water partition coefficient (Wildman–Crippen LogP) is 4.39. The zero-order chi connectivity index (χ0) is 24.4. The largest absolute Gasteiger partial charge is 0.462 e. The second kappa shape index (κ2) is 9.64. The van der Waals surface area contributed by atoms with Crippen LogP contribution in [0.15, 0.2) is 44.3 Å². The molecular formula is C24H25ClN4O5. The van der Waals surface area contributed by atoms with Gasteiger partial charge < -0.3 is 19.4 Å². The van der Waals surface area contributed by atoms with Crippen molar-refractivity contribution in [1.29, 1.82) is 0 Å². The maximum absolute atomic E-state index is 12.6. The number of rotatable bonds is 8. The first-order chi connectivity index (χ1) is 16.3. The number of aromatic nitrogens is 4. The molecule has 0 amide bonds. The molecule has 9 nitrogen and oxygen atoms in total. The van der Waals surface area contributed by atoms with Gasteiger partial charge in [0.15, 0.2) is 0 Å². The van der Waals surface area contributed by atoms with Crippen LogP contribution in [0.4, 0.5) is 0 Å². The molecule has 0 aliphatic rings. The van der Waals surface area contributed by atoms with E-state index < -0.39 is 11.9 Å². The van der Waals surface area contributed by atoms with Crippen LogP contribution in [0, 0.1) is 13.8 Å². The van der Waals surface area contributed by atoms with E-state index in [1.165, 1.54) is 0 Å². The van der Waals surface area contributed by atoms with Gasteiger partial charge in [0.1, 0.15) is 11.5 Å². The van der Waals surface area contributed by atoms with Gasteiger partial charge in [0, 0.05) is 17.0 Å². The lowest BCUT2D eigenvalue weighted by Gasteiger charge is -2.13. The number of aryl methyl sites for hydroxylation is 2. The van der Waals surface area contributed by atoms with Gasteiger partial charge in [-0.3, -0.25) is 19.8 Å². The monoisotopic (exact) mass is 484 g/mol. The zero-order valence-corrected chi connectivity index (χ0v) is 19.8. The average molecular weight is 485 g/mol. The Bertz CT molecular complexity index is 1380. The van der Waals surface area contributed by atoms with Crippen molar-refractivity contribution in [3.63, 3.8) is 0 Å². The Morgan fingerprint density at radius 3 is 2.21 bits per heavy atom.